The smallest absolute Gasteiger partial charge is 0.178 e. The molecule has 1 aromatic carbocycles. The highest BCUT2D eigenvalue weighted by Crippen LogP contribution is 2.41. The Hall–Kier alpha value is -1.27. The van der Waals surface area contributed by atoms with Gasteiger partial charge in [-0.3, -0.25) is 0 Å². The molecule has 2 heterocycles. The maximum absolute atomic E-state index is 12.4. The number of benzene rings is 1. The van der Waals surface area contributed by atoms with Gasteiger partial charge in [0.15, 0.2) is 21.3 Å². The van der Waals surface area contributed by atoms with Crippen molar-refractivity contribution >= 4 is 9.84 Å². The molecule has 4 rings (SSSR count). The molecule has 0 radical (unpaired) electrons. The van der Waals surface area contributed by atoms with E-state index in [1.54, 1.807) is 6.07 Å². The summed E-state index contributed by atoms with van der Waals surface area (Å²) in [6.45, 7) is 1.18. The molecule has 114 valence electrons. The first-order chi connectivity index (χ1) is 10.1. The monoisotopic (exact) mass is 309 g/mol. The Balaban J connectivity index is 1.80. The second-order valence-electron chi connectivity index (χ2n) is 5.99. The molecule has 21 heavy (non-hydrogen) atoms. The van der Waals surface area contributed by atoms with E-state index in [9.17, 15) is 8.42 Å². The van der Waals surface area contributed by atoms with E-state index in [-0.39, 0.29) is 11.8 Å². The molecule has 1 aliphatic carbocycles. The summed E-state index contributed by atoms with van der Waals surface area (Å²) in [4.78, 5) is 0.413. The highest BCUT2D eigenvalue weighted by molar-refractivity contribution is 7.91. The molecular formula is C15H19NO4S. The van der Waals surface area contributed by atoms with E-state index in [0.717, 1.165) is 12.0 Å². The summed E-state index contributed by atoms with van der Waals surface area (Å²) in [6.07, 6.45) is 3.81. The van der Waals surface area contributed by atoms with Crippen LogP contribution in [0.2, 0.25) is 0 Å². The zero-order valence-electron chi connectivity index (χ0n) is 11.8. The lowest BCUT2D eigenvalue weighted by Gasteiger charge is -2.27. The van der Waals surface area contributed by atoms with Crippen LogP contribution in [0, 0.1) is 0 Å². The maximum Gasteiger partial charge on any atom is 0.178 e. The van der Waals surface area contributed by atoms with Gasteiger partial charge in [0.05, 0.1) is 23.9 Å². The minimum absolute atomic E-state index is 0.105. The fourth-order valence-electron chi connectivity index (χ4n) is 2.99. The summed E-state index contributed by atoms with van der Waals surface area (Å²) in [6, 6.07) is 4.17. The molecule has 0 bridgehead atoms. The van der Waals surface area contributed by atoms with Crippen molar-refractivity contribution in [3.05, 3.63) is 17.7 Å². The lowest BCUT2D eigenvalue weighted by molar-refractivity contribution is 0.296. The molecule has 0 spiro atoms. The van der Waals surface area contributed by atoms with Crippen LogP contribution in [0.4, 0.5) is 0 Å². The fraction of sp³-hybridized carbons (Fsp3) is 0.600. The average Bonchev–Trinajstić information content (AvgIpc) is 3.27. The van der Waals surface area contributed by atoms with Crippen molar-refractivity contribution in [3.8, 4) is 11.5 Å². The van der Waals surface area contributed by atoms with E-state index in [1.807, 2.05) is 6.07 Å². The molecule has 1 fully saturated rings. The molecular weight excluding hydrogens is 290 g/mol. The lowest BCUT2D eigenvalue weighted by Crippen LogP contribution is -2.31. The number of nitrogens with one attached hydrogen (secondary N) is 1. The first-order valence-electron chi connectivity index (χ1n) is 7.56. The normalized spacial score (nSPS) is 26.8. The molecule has 0 saturated heterocycles. The van der Waals surface area contributed by atoms with Gasteiger partial charge in [-0.25, -0.2) is 8.42 Å². The molecule has 5 nitrogen and oxygen atoms in total. The van der Waals surface area contributed by atoms with E-state index >= 15 is 0 Å². The number of sulfone groups is 1. The van der Waals surface area contributed by atoms with Crippen molar-refractivity contribution in [1.82, 2.24) is 5.32 Å². The molecule has 3 aliphatic rings. The maximum atomic E-state index is 12.4. The lowest BCUT2D eigenvalue weighted by atomic mass is 10.0. The van der Waals surface area contributed by atoms with E-state index in [1.165, 1.54) is 12.8 Å². The molecule has 1 aromatic rings. The molecule has 0 amide bonds. The predicted molar refractivity (Wildman–Crippen MR) is 77.6 cm³/mol. The van der Waals surface area contributed by atoms with Gasteiger partial charge in [0.2, 0.25) is 0 Å². The third-order valence-corrected chi connectivity index (χ3v) is 6.08. The SMILES string of the molecule is O=S1(=O)CCC(NC2CC2)c2cc3c(cc21)OCCCO3. The highest BCUT2D eigenvalue weighted by Gasteiger charge is 2.35. The van der Waals surface area contributed by atoms with Crippen molar-refractivity contribution in [2.75, 3.05) is 19.0 Å². The largest absolute Gasteiger partial charge is 0.490 e. The quantitative estimate of drug-likeness (QED) is 0.903. The summed E-state index contributed by atoms with van der Waals surface area (Å²) in [7, 11) is -3.21. The van der Waals surface area contributed by atoms with Gasteiger partial charge in [-0.2, -0.15) is 0 Å². The van der Waals surface area contributed by atoms with Gasteiger partial charge in [-0.15, -0.1) is 0 Å². The standard InChI is InChI=1S/C15H19NO4S/c17-21(18)7-4-12(16-10-2-3-10)11-8-13-14(9-15(11)21)20-6-1-5-19-13/h8-10,12,16H,1-7H2. The molecule has 1 saturated carbocycles. The van der Waals surface area contributed by atoms with Crippen LogP contribution in [0.15, 0.2) is 17.0 Å². The Bertz CT molecular complexity index is 666. The third-order valence-electron chi connectivity index (χ3n) is 4.28. The van der Waals surface area contributed by atoms with Gasteiger partial charge >= 0.3 is 0 Å². The highest BCUT2D eigenvalue weighted by atomic mass is 32.2. The van der Waals surface area contributed by atoms with Gasteiger partial charge < -0.3 is 14.8 Å². The second kappa shape index (κ2) is 4.88. The van der Waals surface area contributed by atoms with Gasteiger partial charge in [0, 0.05) is 24.6 Å². The molecule has 1 atom stereocenters. The van der Waals surface area contributed by atoms with Crippen molar-refractivity contribution in [2.24, 2.45) is 0 Å². The van der Waals surface area contributed by atoms with Crippen molar-refractivity contribution in [1.29, 1.82) is 0 Å². The zero-order chi connectivity index (χ0) is 14.4. The van der Waals surface area contributed by atoms with E-state index in [2.05, 4.69) is 5.32 Å². The van der Waals surface area contributed by atoms with E-state index in [0.29, 0.717) is 42.1 Å². The Morgan fingerprint density at radius 3 is 2.48 bits per heavy atom. The summed E-state index contributed by atoms with van der Waals surface area (Å²) >= 11 is 0. The zero-order valence-corrected chi connectivity index (χ0v) is 12.6. The van der Waals surface area contributed by atoms with Crippen LogP contribution in [0.5, 0.6) is 11.5 Å². The molecule has 2 aliphatic heterocycles. The summed E-state index contributed by atoms with van der Waals surface area (Å²) in [5, 5.41) is 3.55. The predicted octanol–water partition coefficient (Wildman–Crippen LogP) is 1.82. The first-order valence-corrected chi connectivity index (χ1v) is 9.21. The molecule has 0 aromatic heterocycles. The molecule has 1 unspecified atom stereocenters. The van der Waals surface area contributed by atoms with Crippen LogP contribution in [-0.2, 0) is 9.84 Å². The van der Waals surface area contributed by atoms with Crippen molar-refractivity contribution < 1.29 is 17.9 Å². The molecule has 1 N–H and O–H groups in total. The minimum Gasteiger partial charge on any atom is -0.490 e. The summed E-state index contributed by atoms with van der Waals surface area (Å²) < 4.78 is 36.1. The number of ether oxygens (including phenoxy) is 2. The Morgan fingerprint density at radius 2 is 1.76 bits per heavy atom. The Labute approximate surface area is 124 Å². The minimum atomic E-state index is -3.21. The summed E-state index contributed by atoms with van der Waals surface area (Å²) in [5.74, 6) is 1.43. The van der Waals surface area contributed by atoms with Crippen LogP contribution in [-0.4, -0.2) is 33.4 Å². The van der Waals surface area contributed by atoms with E-state index < -0.39 is 9.84 Å². The first kappa shape index (κ1) is 13.4. The number of hydrogen-bond donors (Lipinski definition) is 1. The van der Waals surface area contributed by atoms with Crippen LogP contribution in [0.1, 0.15) is 37.3 Å². The van der Waals surface area contributed by atoms with Crippen molar-refractivity contribution in [2.45, 2.75) is 42.7 Å². The van der Waals surface area contributed by atoms with Crippen molar-refractivity contribution in [3.63, 3.8) is 0 Å². The van der Waals surface area contributed by atoms with E-state index in [4.69, 9.17) is 9.47 Å². The average molecular weight is 309 g/mol. The van der Waals surface area contributed by atoms with Crippen LogP contribution in [0.25, 0.3) is 0 Å². The van der Waals surface area contributed by atoms with Crippen LogP contribution in [0.3, 0.4) is 0 Å². The Kier molecular flexibility index (Phi) is 3.11. The van der Waals surface area contributed by atoms with Crippen LogP contribution >= 0.6 is 0 Å². The van der Waals surface area contributed by atoms with Crippen LogP contribution < -0.4 is 14.8 Å². The third kappa shape index (κ3) is 2.51. The fourth-order valence-corrected chi connectivity index (χ4v) is 4.61. The van der Waals surface area contributed by atoms with Gasteiger partial charge in [0.25, 0.3) is 0 Å². The number of hydrogen-bond acceptors (Lipinski definition) is 5. The van der Waals surface area contributed by atoms with Gasteiger partial charge in [-0.05, 0) is 30.9 Å². The van der Waals surface area contributed by atoms with Gasteiger partial charge in [0.1, 0.15) is 0 Å². The number of fused-ring (bicyclic) bond motifs is 2. The number of rotatable bonds is 2. The van der Waals surface area contributed by atoms with Gasteiger partial charge in [-0.1, -0.05) is 0 Å². The topological polar surface area (TPSA) is 64.6 Å². The molecule has 6 heteroatoms. The summed E-state index contributed by atoms with van der Waals surface area (Å²) in [5.41, 5.74) is 0.845. The second-order valence-corrected chi connectivity index (χ2v) is 8.07. The Morgan fingerprint density at radius 1 is 1.05 bits per heavy atom.